The second kappa shape index (κ2) is 8.43. The van der Waals surface area contributed by atoms with Crippen LogP contribution >= 0.6 is 0 Å². The third-order valence-corrected chi connectivity index (χ3v) is 6.21. The molecule has 3 nitrogen and oxygen atoms in total. The van der Waals surface area contributed by atoms with E-state index in [9.17, 15) is 9.59 Å². The zero-order valence-corrected chi connectivity index (χ0v) is 17.8. The van der Waals surface area contributed by atoms with E-state index in [4.69, 9.17) is 4.74 Å². The maximum absolute atomic E-state index is 13.4. The first kappa shape index (κ1) is 20.2. The summed E-state index contributed by atoms with van der Waals surface area (Å²) in [6.45, 7) is 0. The molecule has 32 heavy (non-hydrogen) atoms. The fraction of sp³-hybridized carbons (Fsp3) is 0.172. The molecule has 3 heteroatoms. The quantitative estimate of drug-likeness (QED) is 0.457. The summed E-state index contributed by atoms with van der Waals surface area (Å²) in [7, 11) is 0. The highest BCUT2D eigenvalue weighted by atomic mass is 16.5. The number of ether oxygens (including phenoxy) is 1. The molecule has 158 valence electrons. The Hall–Kier alpha value is -3.72. The van der Waals surface area contributed by atoms with Gasteiger partial charge in [-0.05, 0) is 35.6 Å². The number of hydrogen-bond acceptors (Lipinski definition) is 3. The van der Waals surface area contributed by atoms with Crippen LogP contribution in [0, 0.1) is 0 Å². The Kier molecular flexibility index (Phi) is 5.32. The van der Waals surface area contributed by atoms with Crippen LogP contribution in [0.4, 0.5) is 0 Å². The summed E-state index contributed by atoms with van der Waals surface area (Å²) < 4.78 is 6.55. The van der Waals surface area contributed by atoms with E-state index >= 15 is 0 Å². The molecule has 1 aliphatic heterocycles. The van der Waals surface area contributed by atoms with Crippen molar-refractivity contribution in [2.24, 2.45) is 0 Å². The lowest BCUT2D eigenvalue weighted by Gasteiger charge is -2.39. The van der Waals surface area contributed by atoms with Gasteiger partial charge in [0.1, 0.15) is 0 Å². The topological polar surface area (TPSA) is 43.4 Å². The molecule has 2 aliphatic rings. The van der Waals surface area contributed by atoms with Gasteiger partial charge in [-0.2, -0.15) is 0 Å². The molecule has 0 unspecified atom stereocenters. The van der Waals surface area contributed by atoms with Crippen LogP contribution in [0.2, 0.25) is 0 Å². The van der Waals surface area contributed by atoms with Crippen molar-refractivity contribution in [1.82, 2.24) is 0 Å². The minimum absolute atomic E-state index is 0.0141. The smallest absolute Gasteiger partial charge is 0.197 e. The predicted molar refractivity (Wildman–Crippen MR) is 125 cm³/mol. The van der Waals surface area contributed by atoms with Crippen molar-refractivity contribution in [2.45, 2.75) is 31.3 Å². The Labute approximate surface area is 188 Å². The van der Waals surface area contributed by atoms with E-state index in [1.807, 2.05) is 78.9 Å². The molecule has 0 bridgehead atoms. The maximum Gasteiger partial charge on any atom is 0.197 e. The fourth-order valence-corrected chi connectivity index (χ4v) is 4.62. The van der Waals surface area contributed by atoms with Crippen LogP contribution in [-0.2, 0) is 15.1 Å². The van der Waals surface area contributed by atoms with Crippen molar-refractivity contribution < 1.29 is 14.3 Å². The molecular weight excluding hydrogens is 396 g/mol. The number of ketones is 2. The van der Waals surface area contributed by atoms with E-state index in [1.165, 1.54) is 0 Å². The third kappa shape index (κ3) is 3.71. The summed E-state index contributed by atoms with van der Waals surface area (Å²) in [5, 5.41) is 0. The summed E-state index contributed by atoms with van der Waals surface area (Å²) in [5.41, 5.74) is 3.42. The van der Waals surface area contributed by atoms with Gasteiger partial charge in [-0.3, -0.25) is 9.59 Å². The van der Waals surface area contributed by atoms with Crippen molar-refractivity contribution in [3.63, 3.8) is 0 Å². The third-order valence-electron chi connectivity index (χ3n) is 6.21. The molecule has 0 saturated carbocycles. The van der Waals surface area contributed by atoms with E-state index in [-0.39, 0.29) is 18.0 Å². The molecule has 3 aromatic carbocycles. The highest BCUT2D eigenvalue weighted by molar-refractivity contribution is 6.02. The monoisotopic (exact) mass is 420 g/mol. The molecule has 0 aromatic heterocycles. The van der Waals surface area contributed by atoms with E-state index in [0.717, 1.165) is 35.1 Å². The lowest BCUT2D eigenvalue weighted by atomic mass is 9.77. The SMILES string of the molecule is O=C1CCCC2=C1O[C@](CC(=O)c1ccccc1)(c1ccccc1)C=C2c1ccccc1. The molecular formula is C29H24O3. The Morgan fingerprint density at radius 3 is 2.12 bits per heavy atom. The van der Waals surface area contributed by atoms with Crippen LogP contribution < -0.4 is 0 Å². The molecule has 0 spiro atoms. The van der Waals surface area contributed by atoms with Crippen molar-refractivity contribution in [3.05, 3.63) is 125 Å². The van der Waals surface area contributed by atoms with Crippen LogP contribution in [-0.4, -0.2) is 11.6 Å². The van der Waals surface area contributed by atoms with Gasteiger partial charge in [0.25, 0.3) is 0 Å². The highest BCUT2D eigenvalue weighted by Crippen LogP contribution is 2.47. The first-order chi connectivity index (χ1) is 15.7. The van der Waals surface area contributed by atoms with Crippen molar-refractivity contribution in [2.75, 3.05) is 0 Å². The normalized spacial score (nSPS) is 20.2. The first-order valence-corrected chi connectivity index (χ1v) is 11.0. The van der Waals surface area contributed by atoms with Crippen LogP contribution in [0.5, 0.6) is 0 Å². The minimum Gasteiger partial charge on any atom is -0.474 e. The van der Waals surface area contributed by atoms with Crippen LogP contribution in [0.3, 0.4) is 0 Å². The fourth-order valence-electron chi connectivity index (χ4n) is 4.62. The Bertz CT molecular complexity index is 1210. The second-order valence-electron chi connectivity index (χ2n) is 8.33. The molecule has 0 radical (unpaired) electrons. The molecule has 0 fully saturated rings. The van der Waals surface area contributed by atoms with Gasteiger partial charge in [0, 0.05) is 17.6 Å². The Morgan fingerprint density at radius 1 is 0.812 bits per heavy atom. The maximum atomic E-state index is 13.4. The van der Waals surface area contributed by atoms with Gasteiger partial charge in [0.15, 0.2) is 22.9 Å². The number of hydrogen-bond donors (Lipinski definition) is 0. The molecule has 0 amide bonds. The van der Waals surface area contributed by atoms with E-state index in [0.29, 0.717) is 17.7 Å². The highest BCUT2D eigenvalue weighted by Gasteiger charge is 2.43. The minimum atomic E-state index is -1.05. The summed E-state index contributed by atoms with van der Waals surface area (Å²) in [6, 6.07) is 29.1. The van der Waals surface area contributed by atoms with E-state index < -0.39 is 5.60 Å². The van der Waals surface area contributed by atoms with Gasteiger partial charge in [-0.25, -0.2) is 0 Å². The number of Topliss-reactive ketones (excluding diaryl/α,β-unsaturated/α-hetero) is 2. The van der Waals surface area contributed by atoms with Crippen molar-refractivity contribution in [1.29, 1.82) is 0 Å². The van der Waals surface area contributed by atoms with Gasteiger partial charge in [0.05, 0.1) is 6.42 Å². The van der Waals surface area contributed by atoms with Crippen molar-refractivity contribution in [3.8, 4) is 0 Å². The molecule has 1 atom stereocenters. The molecule has 0 saturated heterocycles. The summed E-state index contributed by atoms with van der Waals surface area (Å²) in [4.78, 5) is 26.4. The number of carbonyl (C=O) groups excluding carboxylic acids is 2. The summed E-state index contributed by atoms with van der Waals surface area (Å²) >= 11 is 0. The van der Waals surface area contributed by atoms with E-state index in [1.54, 1.807) is 0 Å². The van der Waals surface area contributed by atoms with Crippen LogP contribution in [0.1, 0.15) is 47.2 Å². The largest absolute Gasteiger partial charge is 0.474 e. The molecule has 3 aromatic rings. The average Bonchev–Trinajstić information content (AvgIpc) is 2.86. The number of rotatable bonds is 5. The van der Waals surface area contributed by atoms with Gasteiger partial charge >= 0.3 is 0 Å². The Balaban J connectivity index is 1.69. The molecule has 5 rings (SSSR count). The lowest BCUT2D eigenvalue weighted by Crippen LogP contribution is -2.36. The standard InChI is InChI=1S/C29H24O3/c30-26-18-10-17-24-25(21-11-4-1-5-12-21)19-29(32-28(24)26,23-15-8-3-9-16-23)20-27(31)22-13-6-2-7-14-22/h1-9,11-16,19H,10,17-18,20H2/t29-/m1/s1. The molecule has 1 aliphatic carbocycles. The zero-order chi connectivity index (χ0) is 22.0. The summed E-state index contributed by atoms with van der Waals surface area (Å²) in [5.74, 6) is 0.410. The first-order valence-electron chi connectivity index (χ1n) is 11.0. The number of allylic oxidation sites excluding steroid dienone is 3. The number of carbonyl (C=O) groups is 2. The van der Waals surface area contributed by atoms with Gasteiger partial charge in [0.2, 0.25) is 0 Å². The predicted octanol–water partition coefficient (Wildman–Crippen LogP) is 6.28. The zero-order valence-electron chi connectivity index (χ0n) is 17.8. The van der Waals surface area contributed by atoms with Crippen molar-refractivity contribution >= 4 is 17.1 Å². The van der Waals surface area contributed by atoms with Gasteiger partial charge in [-0.1, -0.05) is 91.0 Å². The molecule has 0 N–H and O–H groups in total. The van der Waals surface area contributed by atoms with Crippen LogP contribution in [0.25, 0.3) is 5.57 Å². The number of benzene rings is 3. The van der Waals surface area contributed by atoms with Crippen LogP contribution in [0.15, 0.2) is 108 Å². The lowest BCUT2D eigenvalue weighted by molar-refractivity contribution is -0.122. The average molecular weight is 421 g/mol. The van der Waals surface area contributed by atoms with Gasteiger partial charge < -0.3 is 4.74 Å². The van der Waals surface area contributed by atoms with E-state index in [2.05, 4.69) is 18.2 Å². The second-order valence-corrected chi connectivity index (χ2v) is 8.33. The molecule has 1 heterocycles. The summed E-state index contributed by atoms with van der Waals surface area (Å²) in [6.07, 6.45) is 4.25. The van der Waals surface area contributed by atoms with Gasteiger partial charge in [-0.15, -0.1) is 0 Å². The Morgan fingerprint density at radius 2 is 1.44 bits per heavy atom.